The summed E-state index contributed by atoms with van der Waals surface area (Å²) in [6, 6.07) is 16.6. The molecule has 0 saturated carbocycles. The molecule has 0 unspecified atom stereocenters. The third-order valence-corrected chi connectivity index (χ3v) is 4.69. The number of hydrogen-bond donors (Lipinski definition) is 1. The average Bonchev–Trinajstić information content (AvgIpc) is 3.09. The molecule has 0 fully saturated rings. The van der Waals surface area contributed by atoms with Crippen molar-refractivity contribution in [3.63, 3.8) is 0 Å². The van der Waals surface area contributed by atoms with Gasteiger partial charge in [0.1, 0.15) is 17.4 Å². The van der Waals surface area contributed by atoms with Gasteiger partial charge in [-0.25, -0.2) is 4.98 Å². The fourth-order valence-corrected chi connectivity index (χ4v) is 3.33. The van der Waals surface area contributed by atoms with Crippen LogP contribution in [0.25, 0.3) is 11.3 Å². The largest absolute Gasteiger partial charge is 0.488 e. The van der Waals surface area contributed by atoms with Crippen molar-refractivity contribution in [3.05, 3.63) is 70.0 Å². The zero-order valence-electron chi connectivity index (χ0n) is 14.1. The third-order valence-electron chi connectivity index (χ3n) is 3.85. The summed E-state index contributed by atoms with van der Waals surface area (Å²) in [6.07, 6.45) is 0.999. The standard InChI is InChI=1S/C20H22N2OS/c1-3-15-9-10-19(23-13-16-7-5-4-6-8-16)17(11-15)18-14-24-20(22-18)12-21-2/h4-11,14,21H,3,12-13H2,1-2H3. The second kappa shape index (κ2) is 8.08. The van der Waals surface area contributed by atoms with E-state index in [0.29, 0.717) is 6.61 Å². The van der Waals surface area contributed by atoms with Crippen LogP contribution < -0.4 is 10.1 Å². The summed E-state index contributed by atoms with van der Waals surface area (Å²) in [6.45, 7) is 3.52. The van der Waals surface area contributed by atoms with Crippen LogP contribution >= 0.6 is 11.3 Å². The Morgan fingerprint density at radius 1 is 1.08 bits per heavy atom. The summed E-state index contributed by atoms with van der Waals surface area (Å²) in [5, 5.41) is 6.34. The Balaban J connectivity index is 1.87. The molecule has 2 aromatic carbocycles. The van der Waals surface area contributed by atoms with E-state index in [9.17, 15) is 0 Å². The minimum absolute atomic E-state index is 0.562. The van der Waals surface area contributed by atoms with Crippen molar-refractivity contribution in [2.24, 2.45) is 0 Å². The molecule has 3 aromatic rings. The van der Waals surface area contributed by atoms with Crippen LogP contribution in [-0.2, 0) is 19.6 Å². The van der Waals surface area contributed by atoms with Gasteiger partial charge in [-0.1, -0.05) is 43.3 Å². The molecule has 0 amide bonds. The maximum absolute atomic E-state index is 6.10. The first-order valence-corrected chi connectivity index (χ1v) is 9.07. The van der Waals surface area contributed by atoms with Gasteiger partial charge in [0.25, 0.3) is 0 Å². The monoisotopic (exact) mass is 338 g/mol. The highest BCUT2D eigenvalue weighted by Gasteiger charge is 2.11. The lowest BCUT2D eigenvalue weighted by atomic mass is 10.1. The summed E-state index contributed by atoms with van der Waals surface area (Å²) in [7, 11) is 1.94. The maximum Gasteiger partial charge on any atom is 0.129 e. The average molecular weight is 338 g/mol. The van der Waals surface area contributed by atoms with E-state index in [1.807, 2.05) is 25.2 Å². The second-order valence-corrected chi connectivity index (χ2v) is 6.56. The molecule has 0 aliphatic heterocycles. The Bertz CT molecular complexity index is 783. The summed E-state index contributed by atoms with van der Waals surface area (Å²) in [5.74, 6) is 0.886. The zero-order valence-corrected chi connectivity index (χ0v) is 14.9. The lowest BCUT2D eigenvalue weighted by molar-refractivity contribution is 0.307. The zero-order chi connectivity index (χ0) is 16.8. The lowest BCUT2D eigenvalue weighted by Crippen LogP contribution is -2.04. The summed E-state index contributed by atoms with van der Waals surface area (Å²) >= 11 is 1.68. The number of aryl methyl sites for hydroxylation is 1. The third kappa shape index (κ3) is 4.02. The van der Waals surface area contributed by atoms with Crippen molar-refractivity contribution in [2.45, 2.75) is 26.5 Å². The number of nitrogens with one attached hydrogen (secondary N) is 1. The number of thiazole rings is 1. The van der Waals surface area contributed by atoms with Crippen LogP contribution in [-0.4, -0.2) is 12.0 Å². The number of aromatic nitrogens is 1. The topological polar surface area (TPSA) is 34.1 Å². The highest BCUT2D eigenvalue weighted by Crippen LogP contribution is 2.32. The Labute approximate surface area is 147 Å². The molecule has 3 rings (SSSR count). The summed E-state index contributed by atoms with van der Waals surface area (Å²) in [4.78, 5) is 4.74. The van der Waals surface area contributed by atoms with Crippen LogP contribution in [0.4, 0.5) is 0 Å². The van der Waals surface area contributed by atoms with Crippen molar-refractivity contribution >= 4 is 11.3 Å². The molecule has 0 atom stereocenters. The molecule has 124 valence electrons. The van der Waals surface area contributed by atoms with Crippen molar-refractivity contribution in [1.29, 1.82) is 0 Å². The minimum Gasteiger partial charge on any atom is -0.488 e. The molecule has 0 aliphatic rings. The van der Waals surface area contributed by atoms with E-state index < -0.39 is 0 Å². The Hall–Kier alpha value is -2.17. The number of ether oxygens (including phenoxy) is 1. The highest BCUT2D eigenvalue weighted by atomic mass is 32.1. The first-order chi connectivity index (χ1) is 11.8. The van der Waals surface area contributed by atoms with Crippen LogP contribution in [0.2, 0.25) is 0 Å². The smallest absolute Gasteiger partial charge is 0.129 e. The molecule has 0 saturated heterocycles. The van der Waals surface area contributed by atoms with Crippen LogP contribution in [0.3, 0.4) is 0 Å². The Morgan fingerprint density at radius 2 is 1.92 bits per heavy atom. The van der Waals surface area contributed by atoms with Crippen molar-refractivity contribution < 1.29 is 4.74 Å². The van der Waals surface area contributed by atoms with Crippen LogP contribution in [0.5, 0.6) is 5.75 Å². The molecule has 4 heteroatoms. The minimum atomic E-state index is 0.562. The first-order valence-electron chi connectivity index (χ1n) is 8.19. The SMILES string of the molecule is CCc1ccc(OCc2ccccc2)c(-c2csc(CNC)n2)c1. The number of hydrogen-bond acceptors (Lipinski definition) is 4. The molecule has 24 heavy (non-hydrogen) atoms. The molecular weight excluding hydrogens is 316 g/mol. The van der Waals surface area contributed by atoms with Gasteiger partial charge in [-0.2, -0.15) is 0 Å². The molecule has 1 aromatic heterocycles. The Kier molecular flexibility index (Phi) is 5.62. The quantitative estimate of drug-likeness (QED) is 0.680. The van der Waals surface area contributed by atoms with Crippen LogP contribution in [0.15, 0.2) is 53.9 Å². The van der Waals surface area contributed by atoms with Crippen LogP contribution in [0.1, 0.15) is 23.1 Å². The fourth-order valence-electron chi connectivity index (χ4n) is 2.53. The van der Waals surface area contributed by atoms with Crippen molar-refractivity contribution in [3.8, 4) is 17.0 Å². The van der Waals surface area contributed by atoms with Gasteiger partial charge in [-0.15, -0.1) is 11.3 Å². The van der Waals surface area contributed by atoms with Gasteiger partial charge in [-0.05, 0) is 36.7 Å². The normalized spacial score (nSPS) is 10.8. The van der Waals surface area contributed by atoms with E-state index in [1.165, 1.54) is 5.56 Å². The molecular formula is C20H22N2OS. The molecule has 3 nitrogen and oxygen atoms in total. The van der Waals surface area contributed by atoms with Crippen LogP contribution in [0, 0.1) is 0 Å². The van der Waals surface area contributed by atoms with Gasteiger partial charge in [0.15, 0.2) is 0 Å². The number of benzene rings is 2. The van der Waals surface area contributed by atoms with E-state index >= 15 is 0 Å². The number of nitrogens with zero attached hydrogens (tertiary/aromatic N) is 1. The van der Waals surface area contributed by atoms with Crippen molar-refractivity contribution in [2.75, 3.05) is 7.05 Å². The maximum atomic E-state index is 6.10. The van der Waals surface area contributed by atoms with E-state index in [-0.39, 0.29) is 0 Å². The van der Waals surface area contributed by atoms with Gasteiger partial charge in [0.2, 0.25) is 0 Å². The summed E-state index contributed by atoms with van der Waals surface area (Å²) < 4.78 is 6.10. The highest BCUT2D eigenvalue weighted by molar-refractivity contribution is 7.09. The predicted octanol–water partition coefficient (Wildman–Crippen LogP) is 4.67. The molecule has 1 heterocycles. The molecule has 0 aliphatic carbocycles. The molecule has 0 spiro atoms. The molecule has 1 N–H and O–H groups in total. The van der Waals surface area contributed by atoms with Gasteiger partial charge >= 0.3 is 0 Å². The lowest BCUT2D eigenvalue weighted by Gasteiger charge is -2.12. The summed E-state index contributed by atoms with van der Waals surface area (Å²) in [5.41, 5.74) is 4.52. The van der Waals surface area contributed by atoms with E-state index in [2.05, 4.69) is 48.0 Å². The fraction of sp³-hybridized carbons (Fsp3) is 0.250. The Morgan fingerprint density at radius 3 is 2.67 bits per heavy atom. The van der Waals surface area contributed by atoms with E-state index in [0.717, 1.165) is 40.5 Å². The number of rotatable bonds is 7. The molecule has 0 bridgehead atoms. The first kappa shape index (κ1) is 16.7. The molecule has 0 radical (unpaired) electrons. The van der Waals surface area contributed by atoms with Gasteiger partial charge in [-0.3, -0.25) is 0 Å². The van der Waals surface area contributed by atoms with E-state index in [4.69, 9.17) is 9.72 Å². The predicted molar refractivity (Wildman–Crippen MR) is 100 cm³/mol. The van der Waals surface area contributed by atoms with E-state index in [1.54, 1.807) is 11.3 Å². The second-order valence-electron chi connectivity index (χ2n) is 5.62. The van der Waals surface area contributed by atoms with Gasteiger partial charge in [0.05, 0.1) is 5.69 Å². The van der Waals surface area contributed by atoms with Gasteiger partial charge in [0, 0.05) is 17.5 Å². The van der Waals surface area contributed by atoms with Crippen molar-refractivity contribution in [1.82, 2.24) is 10.3 Å². The van der Waals surface area contributed by atoms with Gasteiger partial charge < -0.3 is 10.1 Å².